The van der Waals surface area contributed by atoms with Crippen LogP contribution in [0.1, 0.15) is 45.4 Å². The quantitative estimate of drug-likeness (QED) is 0.724. The first-order chi connectivity index (χ1) is 8.63. The van der Waals surface area contributed by atoms with Gasteiger partial charge in [-0.15, -0.1) is 0 Å². The van der Waals surface area contributed by atoms with Gasteiger partial charge in [0.05, 0.1) is 5.69 Å². The number of amides is 1. The summed E-state index contributed by atoms with van der Waals surface area (Å²) in [5.41, 5.74) is -0.0893. The van der Waals surface area contributed by atoms with E-state index in [4.69, 9.17) is 0 Å². The first-order valence-electron chi connectivity index (χ1n) is 6.38. The van der Waals surface area contributed by atoms with Gasteiger partial charge in [-0.2, -0.15) is 0 Å². The summed E-state index contributed by atoms with van der Waals surface area (Å²) < 4.78 is 26.1. The fourth-order valence-electron chi connectivity index (χ4n) is 1.70. The topological polar surface area (TPSA) is 29.1 Å². The molecule has 0 aliphatic heterocycles. The highest BCUT2D eigenvalue weighted by Gasteiger charge is 2.07. The van der Waals surface area contributed by atoms with Crippen molar-refractivity contribution in [3.63, 3.8) is 0 Å². The van der Waals surface area contributed by atoms with E-state index in [0.717, 1.165) is 43.9 Å². The number of carbonyl (C=O) groups is 1. The molecular formula is C14H19F2NO. The largest absolute Gasteiger partial charge is 0.324 e. The summed E-state index contributed by atoms with van der Waals surface area (Å²) in [6, 6.07) is 3.02. The predicted octanol–water partition coefficient (Wildman–Crippen LogP) is 4.26. The number of hydrogen-bond donors (Lipinski definition) is 1. The first kappa shape index (κ1) is 14.6. The van der Waals surface area contributed by atoms with Gasteiger partial charge in [0.2, 0.25) is 5.91 Å². The minimum Gasteiger partial charge on any atom is -0.324 e. The Kier molecular flexibility index (Phi) is 6.33. The van der Waals surface area contributed by atoms with Crippen molar-refractivity contribution in [2.45, 2.75) is 45.4 Å². The van der Waals surface area contributed by atoms with Crippen LogP contribution in [0.2, 0.25) is 0 Å². The molecule has 1 N–H and O–H groups in total. The molecule has 0 unspecified atom stereocenters. The Morgan fingerprint density at radius 1 is 1.17 bits per heavy atom. The van der Waals surface area contributed by atoms with Gasteiger partial charge in [-0.3, -0.25) is 4.79 Å². The van der Waals surface area contributed by atoms with E-state index in [-0.39, 0.29) is 11.6 Å². The molecule has 0 atom stereocenters. The van der Waals surface area contributed by atoms with E-state index in [2.05, 4.69) is 12.2 Å². The Morgan fingerprint density at radius 3 is 2.61 bits per heavy atom. The minimum atomic E-state index is -0.615. The van der Waals surface area contributed by atoms with E-state index < -0.39 is 11.6 Å². The van der Waals surface area contributed by atoms with Crippen molar-refractivity contribution in [1.29, 1.82) is 0 Å². The molecule has 0 fully saturated rings. The van der Waals surface area contributed by atoms with Crippen LogP contribution in [-0.2, 0) is 4.79 Å². The van der Waals surface area contributed by atoms with Crippen LogP contribution in [0.3, 0.4) is 0 Å². The highest BCUT2D eigenvalue weighted by molar-refractivity contribution is 5.90. The maximum absolute atomic E-state index is 13.2. The zero-order chi connectivity index (χ0) is 13.4. The number of nitrogens with one attached hydrogen (secondary N) is 1. The van der Waals surface area contributed by atoms with Crippen LogP contribution in [-0.4, -0.2) is 5.91 Å². The third-order valence-corrected chi connectivity index (χ3v) is 2.71. The lowest BCUT2D eigenvalue weighted by molar-refractivity contribution is -0.116. The number of anilines is 1. The molecule has 18 heavy (non-hydrogen) atoms. The van der Waals surface area contributed by atoms with Gasteiger partial charge in [0.15, 0.2) is 0 Å². The Balaban J connectivity index is 2.33. The molecule has 4 heteroatoms. The molecule has 1 rings (SSSR count). The van der Waals surface area contributed by atoms with E-state index >= 15 is 0 Å². The third kappa shape index (κ3) is 5.25. The molecule has 1 aromatic carbocycles. The van der Waals surface area contributed by atoms with Gasteiger partial charge in [0.1, 0.15) is 11.6 Å². The van der Waals surface area contributed by atoms with Gasteiger partial charge in [0.25, 0.3) is 0 Å². The van der Waals surface area contributed by atoms with E-state index in [1.54, 1.807) is 0 Å². The van der Waals surface area contributed by atoms with Crippen molar-refractivity contribution < 1.29 is 13.6 Å². The van der Waals surface area contributed by atoms with E-state index in [0.29, 0.717) is 6.42 Å². The first-order valence-corrected chi connectivity index (χ1v) is 6.38. The second-order valence-electron chi connectivity index (χ2n) is 4.34. The van der Waals surface area contributed by atoms with Crippen LogP contribution in [0, 0.1) is 11.6 Å². The lowest BCUT2D eigenvalue weighted by Crippen LogP contribution is -2.12. The average Bonchev–Trinajstić information content (AvgIpc) is 2.33. The number of carbonyl (C=O) groups excluding carboxylic acids is 1. The van der Waals surface area contributed by atoms with Crippen LogP contribution in [0.25, 0.3) is 0 Å². The summed E-state index contributed by atoms with van der Waals surface area (Å²) in [6.07, 6.45) is 5.55. The molecule has 0 heterocycles. The fraction of sp³-hybridized carbons (Fsp3) is 0.500. The molecule has 0 aliphatic rings. The molecule has 100 valence electrons. The minimum absolute atomic E-state index is 0.0893. The third-order valence-electron chi connectivity index (χ3n) is 2.71. The van der Waals surface area contributed by atoms with Crippen molar-refractivity contribution in [3.8, 4) is 0 Å². The maximum atomic E-state index is 13.2. The number of unbranched alkanes of at least 4 members (excludes halogenated alkanes) is 4. The SMILES string of the molecule is CCCCCCCC(=O)Nc1cc(F)ccc1F. The van der Waals surface area contributed by atoms with E-state index in [1.165, 1.54) is 6.42 Å². The van der Waals surface area contributed by atoms with Crippen LogP contribution < -0.4 is 5.32 Å². The number of halogens is 2. The molecule has 0 spiro atoms. The van der Waals surface area contributed by atoms with Crippen LogP contribution in [0.4, 0.5) is 14.5 Å². The van der Waals surface area contributed by atoms with E-state index in [1.807, 2.05) is 0 Å². The summed E-state index contributed by atoms with van der Waals surface area (Å²) in [5.74, 6) is -1.44. The zero-order valence-electron chi connectivity index (χ0n) is 10.6. The highest BCUT2D eigenvalue weighted by atomic mass is 19.1. The molecule has 0 radical (unpaired) electrons. The zero-order valence-corrected chi connectivity index (χ0v) is 10.6. The molecular weight excluding hydrogens is 236 g/mol. The Labute approximate surface area is 106 Å². The van der Waals surface area contributed by atoms with Crippen LogP contribution in [0.15, 0.2) is 18.2 Å². The number of benzene rings is 1. The lowest BCUT2D eigenvalue weighted by atomic mass is 10.1. The van der Waals surface area contributed by atoms with E-state index in [9.17, 15) is 13.6 Å². The summed E-state index contributed by atoms with van der Waals surface area (Å²) in [7, 11) is 0. The Morgan fingerprint density at radius 2 is 1.89 bits per heavy atom. The van der Waals surface area contributed by atoms with Crippen molar-refractivity contribution in [2.75, 3.05) is 5.32 Å². The van der Waals surface area contributed by atoms with Gasteiger partial charge < -0.3 is 5.32 Å². The predicted molar refractivity (Wildman–Crippen MR) is 68.4 cm³/mol. The summed E-state index contributed by atoms with van der Waals surface area (Å²) in [5, 5.41) is 2.39. The van der Waals surface area contributed by atoms with Crippen molar-refractivity contribution in [1.82, 2.24) is 0 Å². The fourth-order valence-corrected chi connectivity index (χ4v) is 1.70. The van der Waals surface area contributed by atoms with Gasteiger partial charge in [-0.25, -0.2) is 8.78 Å². The lowest BCUT2D eigenvalue weighted by Gasteiger charge is -2.06. The van der Waals surface area contributed by atoms with Crippen molar-refractivity contribution >= 4 is 11.6 Å². The normalized spacial score (nSPS) is 10.4. The molecule has 0 saturated heterocycles. The number of hydrogen-bond acceptors (Lipinski definition) is 1. The molecule has 0 bridgehead atoms. The summed E-state index contributed by atoms with van der Waals surface area (Å²) in [6.45, 7) is 2.12. The smallest absolute Gasteiger partial charge is 0.224 e. The van der Waals surface area contributed by atoms with Gasteiger partial charge in [-0.05, 0) is 18.6 Å². The monoisotopic (exact) mass is 255 g/mol. The van der Waals surface area contributed by atoms with Gasteiger partial charge in [0, 0.05) is 12.5 Å². The standard InChI is InChI=1S/C14H19F2NO/c1-2-3-4-5-6-7-14(18)17-13-10-11(15)8-9-12(13)16/h8-10H,2-7H2,1H3,(H,17,18). The Bertz CT molecular complexity index is 393. The van der Waals surface area contributed by atoms with Gasteiger partial charge >= 0.3 is 0 Å². The molecule has 0 aliphatic carbocycles. The van der Waals surface area contributed by atoms with Crippen molar-refractivity contribution in [2.24, 2.45) is 0 Å². The average molecular weight is 255 g/mol. The highest BCUT2D eigenvalue weighted by Crippen LogP contribution is 2.16. The van der Waals surface area contributed by atoms with Crippen molar-refractivity contribution in [3.05, 3.63) is 29.8 Å². The number of rotatable bonds is 7. The van der Waals surface area contributed by atoms with Crippen LogP contribution in [0.5, 0.6) is 0 Å². The second kappa shape index (κ2) is 7.80. The Hall–Kier alpha value is -1.45. The molecule has 0 aromatic heterocycles. The maximum Gasteiger partial charge on any atom is 0.224 e. The molecule has 0 saturated carbocycles. The second-order valence-corrected chi connectivity index (χ2v) is 4.34. The summed E-state index contributed by atoms with van der Waals surface area (Å²) >= 11 is 0. The molecule has 2 nitrogen and oxygen atoms in total. The molecule has 1 amide bonds. The molecule has 1 aromatic rings. The van der Waals surface area contributed by atoms with Gasteiger partial charge in [-0.1, -0.05) is 32.6 Å². The van der Waals surface area contributed by atoms with Crippen LogP contribution >= 0.6 is 0 Å². The summed E-state index contributed by atoms with van der Waals surface area (Å²) in [4.78, 5) is 11.5.